The van der Waals surface area contributed by atoms with E-state index in [4.69, 9.17) is 4.74 Å². The zero-order valence-electron chi connectivity index (χ0n) is 12.9. The summed E-state index contributed by atoms with van der Waals surface area (Å²) in [7, 11) is 3.55. The van der Waals surface area contributed by atoms with Gasteiger partial charge in [-0.1, -0.05) is 19.1 Å². The first-order valence-corrected chi connectivity index (χ1v) is 7.26. The van der Waals surface area contributed by atoms with Gasteiger partial charge in [0, 0.05) is 7.05 Å². The first-order chi connectivity index (χ1) is 10.7. The maximum absolute atomic E-state index is 5.21. The van der Waals surface area contributed by atoms with E-state index >= 15 is 0 Å². The van der Waals surface area contributed by atoms with Gasteiger partial charge >= 0.3 is 0 Å². The smallest absolute Gasteiger partial charge is 0.163 e. The molecule has 1 atom stereocenters. The second-order valence-electron chi connectivity index (χ2n) is 5.11. The topological polar surface area (TPSA) is 64.9 Å². The van der Waals surface area contributed by atoms with Gasteiger partial charge in [0.1, 0.15) is 17.9 Å². The molecule has 0 aliphatic rings. The number of ether oxygens (including phenoxy) is 1. The van der Waals surface area contributed by atoms with Crippen LogP contribution in [0.15, 0.2) is 36.8 Å². The molecule has 22 heavy (non-hydrogen) atoms. The predicted molar refractivity (Wildman–Crippen MR) is 86.0 cm³/mol. The van der Waals surface area contributed by atoms with Crippen molar-refractivity contribution >= 4 is 16.9 Å². The molecule has 0 fully saturated rings. The number of anilines is 1. The minimum Gasteiger partial charge on any atom is -0.497 e. The van der Waals surface area contributed by atoms with Crippen molar-refractivity contribution in [1.82, 2.24) is 19.7 Å². The predicted octanol–water partition coefficient (Wildman–Crippen LogP) is 2.94. The van der Waals surface area contributed by atoms with Gasteiger partial charge in [-0.25, -0.2) is 9.97 Å². The van der Waals surface area contributed by atoms with Crippen LogP contribution >= 0.6 is 0 Å². The van der Waals surface area contributed by atoms with Gasteiger partial charge in [0.05, 0.1) is 24.7 Å². The summed E-state index contributed by atoms with van der Waals surface area (Å²) in [6, 6.07) is 8.26. The van der Waals surface area contributed by atoms with Crippen LogP contribution in [0.3, 0.4) is 0 Å². The molecule has 0 spiro atoms. The Hall–Kier alpha value is -2.63. The lowest BCUT2D eigenvalue weighted by molar-refractivity contribution is 0.414. The molecule has 6 heteroatoms. The number of methoxy groups -OCH3 is 1. The van der Waals surface area contributed by atoms with E-state index in [1.807, 2.05) is 19.2 Å². The highest BCUT2D eigenvalue weighted by molar-refractivity contribution is 5.86. The number of benzene rings is 1. The average molecular weight is 297 g/mol. The molecule has 1 aromatic carbocycles. The Morgan fingerprint density at radius 1 is 1.23 bits per heavy atom. The lowest BCUT2D eigenvalue weighted by Gasteiger charge is -2.18. The van der Waals surface area contributed by atoms with E-state index in [9.17, 15) is 0 Å². The van der Waals surface area contributed by atoms with Crippen LogP contribution in [0.5, 0.6) is 5.75 Å². The third-order valence-corrected chi connectivity index (χ3v) is 3.77. The number of rotatable bonds is 5. The highest BCUT2D eigenvalue weighted by Crippen LogP contribution is 2.26. The first kappa shape index (κ1) is 14.3. The van der Waals surface area contributed by atoms with Gasteiger partial charge in [0.15, 0.2) is 5.65 Å². The van der Waals surface area contributed by atoms with Crippen LogP contribution in [-0.4, -0.2) is 26.9 Å². The van der Waals surface area contributed by atoms with Crippen LogP contribution in [0.4, 0.5) is 5.82 Å². The fraction of sp³-hybridized carbons (Fsp3) is 0.312. The van der Waals surface area contributed by atoms with Gasteiger partial charge in [-0.3, -0.25) is 4.68 Å². The molecule has 0 saturated carbocycles. The molecule has 0 aliphatic carbocycles. The van der Waals surface area contributed by atoms with Gasteiger partial charge in [0.25, 0.3) is 0 Å². The number of hydrogen-bond donors (Lipinski definition) is 1. The molecule has 0 bridgehead atoms. The molecular weight excluding hydrogens is 278 g/mol. The van der Waals surface area contributed by atoms with Crippen LogP contribution in [-0.2, 0) is 7.05 Å². The quantitative estimate of drug-likeness (QED) is 0.784. The lowest BCUT2D eigenvalue weighted by atomic mass is 10.0. The normalized spacial score (nSPS) is 12.3. The number of nitrogens with one attached hydrogen (secondary N) is 1. The molecule has 2 aromatic heterocycles. The second kappa shape index (κ2) is 6.01. The summed E-state index contributed by atoms with van der Waals surface area (Å²) in [4.78, 5) is 8.63. The molecule has 6 nitrogen and oxygen atoms in total. The number of hydrogen-bond acceptors (Lipinski definition) is 5. The van der Waals surface area contributed by atoms with Crippen molar-refractivity contribution in [3.8, 4) is 5.75 Å². The molecule has 0 radical (unpaired) electrons. The molecule has 1 N–H and O–H groups in total. The van der Waals surface area contributed by atoms with Gasteiger partial charge in [-0.15, -0.1) is 0 Å². The zero-order chi connectivity index (χ0) is 15.5. The Morgan fingerprint density at radius 2 is 2.00 bits per heavy atom. The third kappa shape index (κ3) is 2.59. The number of aryl methyl sites for hydroxylation is 1. The monoisotopic (exact) mass is 297 g/mol. The van der Waals surface area contributed by atoms with E-state index in [0.29, 0.717) is 0 Å². The highest BCUT2D eigenvalue weighted by atomic mass is 16.5. The standard InChI is InChI=1S/C16H19N5O/c1-4-14(11-5-7-12(22-3)8-6-11)20-15-13-9-19-21(2)16(13)18-10-17-15/h5-10,14H,4H2,1-3H3,(H,17,18,20)/t14-/m1/s1. The summed E-state index contributed by atoms with van der Waals surface area (Å²) in [6.07, 6.45) is 4.30. The molecule has 0 amide bonds. The van der Waals surface area contributed by atoms with Crippen molar-refractivity contribution in [3.05, 3.63) is 42.4 Å². The van der Waals surface area contributed by atoms with Gasteiger partial charge in [-0.05, 0) is 24.1 Å². The van der Waals surface area contributed by atoms with E-state index < -0.39 is 0 Å². The first-order valence-electron chi connectivity index (χ1n) is 7.26. The highest BCUT2D eigenvalue weighted by Gasteiger charge is 2.13. The molecule has 3 aromatic rings. The average Bonchev–Trinajstić information content (AvgIpc) is 2.95. The Balaban J connectivity index is 1.90. The summed E-state index contributed by atoms with van der Waals surface area (Å²) in [5.41, 5.74) is 2.01. The lowest BCUT2D eigenvalue weighted by Crippen LogP contribution is -2.11. The number of aromatic nitrogens is 4. The SMILES string of the molecule is CC[C@@H](Nc1ncnc2c1cnn2C)c1ccc(OC)cc1. The van der Waals surface area contributed by atoms with Crippen LogP contribution in [0.25, 0.3) is 11.0 Å². The fourth-order valence-corrected chi connectivity index (χ4v) is 2.50. The molecule has 2 heterocycles. The maximum atomic E-state index is 5.21. The second-order valence-corrected chi connectivity index (χ2v) is 5.11. The van der Waals surface area contributed by atoms with Crippen molar-refractivity contribution < 1.29 is 4.74 Å². The minimum atomic E-state index is 0.171. The van der Waals surface area contributed by atoms with E-state index in [1.54, 1.807) is 24.3 Å². The van der Waals surface area contributed by atoms with Crippen molar-refractivity contribution in [2.24, 2.45) is 7.05 Å². The Bertz CT molecular complexity index is 766. The largest absolute Gasteiger partial charge is 0.497 e. The van der Waals surface area contributed by atoms with Gasteiger partial charge in [0.2, 0.25) is 0 Å². The summed E-state index contributed by atoms with van der Waals surface area (Å²) in [5, 5.41) is 8.66. The Kier molecular flexibility index (Phi) is 3.91. The van der Waals surface area contributed by atoms with Crippen LogP contribution in [0, 0.1) is 0 Å². The maximum Gasteiger partial charge on any atom is 0.163 e. The van der Waals surface area contributed by atoms with Crippen molar-refractivity contribution in [2.75, 3.05) is 12.4 Å². The molecule has 0 unspecified atom stereocenters. The summed E-state index contributed by atoms with van der Waals surface area (Å²) in [5.74, 6) is 1.66. The molecule has 114 valence electrons. The summed E-state index contributed by atoms with van der Waals surface area (Å²) in [6.45, 7) is 2.14. The summed E-state index contributed by atoms with van der Waals surface area (Å²) >= 11 is 0. The molecular formula is C16H19N5O. The van der Waals surface area contributed by atoms with Crippen molar-refractivity contribution in [3.63, 3.8) is 0 Å². The number of fused-ring (bicyclic) bond motifs is 1. The van der Waals surface area contributed by atoms with E-state index in [-0.39, 0.29) is 6.04 Å². The van der Waals surface area contributed by atoms with Crippen LogP contribution in [0.1, 0.15) is 24.9 Å². The zero-order valence-corrected chi connectivity index (χ0v) is 12.9. The van der Waals surface area contributed by atoms with Gasteiger partial charge in [-0.2, -0.15) is 5.10 Å². The Morgan fingerprint density at radius 3 is 2.68 bits per heavy atom. The van der Waals surface area contributed by atoms with E-state index in [0.717, 1.165) is 29.0 Å². The van der Waals surface area contributed by atoms with E-state index in [2.05, 4.69) is 39.4 Å². The minimum absolute atomic E-state index is 0.171. The van der Waals surface area contributed by atoms with Gasteiger partial charge < -0.3 is 10.1 Å². The number of nitrogens with zero attached hydrogens (tertiary/aromatic N) is 4. The van der Waals surface area contributed by atoms with E-state index in [1.165, 1.54) is 5.56 Å². The van der Waals surface area contributed by atoms with Crippen LogP contribution in [0.2, 0.25) is 0 Å². The molecule has 0 aliphatic heterocycles. The molecule has 0 saturated heterocycles. The summed E-state index contributed by atoms with van der Waals surface area (Å²) < 4.78 is 6.96. The van der Waals surface area contributed by atoms with Crippen LogP contribution < -0.4 is 10.1 Å². The Labute approximate surface area is 129 Å². The molecule has 3 rings (SSSR count). The van der Waals surface area contributed by atoms with Crippen molar-refractivity contribution in [2.45, 2.75) is 19.4 Å². The third-order valence-electron chi connectivity index (χ3n) is 3.77. The van der Waals surface area contributed by atoms with Crippen molar-refractivity contribution in [1.29, 1.82) is 0 Å². The fourth-order valence-electron chi connectivity index (χ4n) is 2.50.